The first-order valence-electron chi connectivity index (χ1n) is 10.3. The summed E-state index contributed by atoms with van der Waals surface area (Å²) in [6.07, 6.45) is 2.36. The molecule has 0 spiro atoms. The van der Waals surface area contributed by atoms with Gasteiger partial charge in [0.2, 0.25) is 0 Å². The smallest absolute Gasteiger partial charge is 0.194 e. The molecule has 1 atom stereocenters. The number of ether oxygens (including phenoxy) is 3. The summed E-state index contributed by atoms with van der Waals surface area (Å²) in [5.74, 6) is 1.00. The van der Waals surface area contributed by atoms with Gasteiger partial charge in [-0.1, -0.05) is 0 Å². The fourth-order valence-electron chi connectivity index (χ4n) is 3.08. The van der Waals surface area contributed by atoms with Gasteiger partial charge >= 0.3 is 0 Å². The Bertz CT molecular complexity index is 592. The number of nitrogens with zero attached hydrogens (tertiary/aromatic N) is 2. The Balaban J connectivity index is 1.74. The number of guanidine groups is 1. The molecule has 7 nitrogen and oxygen atoms in total. The van der Waals surface area contributed by atoms with Crippen LogP contribution >= 0.6 is 0 Å². The zero-order valence-corrected chi connectivity index (χ0v) is 17.5. The van der Waals surface area contributed by atoms with Crippen LogP contribution in [0.25, 0.3) is 0 Å². The van der Waals surface area contributed by atoms with E-state index in [1.165, 1.54) is 24.3 Å². The van der Waals surface area contributed by atoms with Gasteiger partial charge in [0.15, 0.2) is 5.96 Å². The highest BCUT2D eigenvalue weighted by Crippen LogP contribution is 2.15. The molecule has 1 unspecified atom stereocenters. The van der Waals surface area contributed by atoms with Gasteiger partial charge in [-0.2, -0.15) is 0 Å². The fourth-order valence-corrected chi connectivity index (χ4v) is 3.08. The first-order chi connectivity index (χ1) is 14.1. The number of methoxy groups -OCH3 is 1. The average Bonchev–Trinajstić information content (AvgIpc) is 2.74. The number of nitrogens with one attached hydrogen (secondary N) is 1. The van der Waals surface area contributed by atoms with E-state index in [-0.39, 0.29) is 25.1 Å². The Kier molecular flexibility index (Phi) is 10.8. The molecule has 1 aliphatic rings. The minimum Gasteiger partial charge on any atom is -0.491 e. The Hall–Kier alpha value is -1.90. The molecule has 1 aliphatic heterocycles. The van der Waals surface area contributed by atoms with Crippen molar-refractivity contribution in [2.75, 3.05) is 53.1 Å². The van der Waals surface area contributed by atoms with Crippen LogP contribution in [0, 0.1) is 5.82 Å². The van der Waals surface area contributed by atoms with Gasteiger partial charge in [0, 0.05) is 40.0 Å². The molecule has 0 aliphatic carbocycles. The molecule has 1 fully saturated rings. The number of halogens is 1. The number of aliphatic hydroxyl groups excluding tert-OH is 1. The van der Waals surface area contributed by atoms with Crippen LogP contribution in [0.15, 0.2) is 29.3 Å². The predicted molar refractivity (Wildman–Crippen MR) is 111 cm³/mol. The van der Waals surface area contributed by atoms with Gasteiger partial charge in [0.05, 0.1) is 12.6 Å². The zero-order chi connectivity index (χ0) is 20.9. The maximum Gasteiger partial charge on any atom is 0.194 e. The Morgan fingerprint density at radius 2 is 2.00 bits per heavy atom. The number of hydrogen-bond acceptors (Lipinski definition) is 5. The van der Waals surface area contributed by atoms with Gasteiger partial charge in [-0.15, -0.1) is 0 Å². The summed E-state index contributed by atoms with van der Waals surface area (Å²) in [4.78, 5) is 6.76. The zero-order valence-electron chi connectivity index (χ0n) is 17.5. The predicted octanol–water partition coefficient (Wildman–Crippen LogP) is 2.05. The van der Waals surface area contributed by atoms with Crippen LogP contribution in [0.5, 0.6) is 5.75 Å². The van der Waals surface area contributed by atoms with Gasteiger partial charge < -0.3 is 29.5 Å². The molecule has 0 amide bonds. The third kappa shape index (κ3) is 8.97. The van der Waals surface area contributed by atoms with Gasteiger partial charge in [0.1, 0.15) is 24.3 Å². The number of rotatable bonds is 11. The van der Waals surface area contributed by atoms with Crippen molar-refractivity contribution in [1.82, 2.24) is 10.2 Å². The van der Waals surface area contributed by atoms with Crippen LogP contribution in [0.2, 0.25) is 0 Å². The van der Waals surface area contributed by atoms with Gasteiger partial charge in [-0.25, -0.2) is 4.39 Å². The topological polar surface area (TPSA) is 75.6 Å². The molecule has 2 rings (SSSR count). The number of piperidine rings is 1. The average molecular weight is 412 g/mol. The first kappa shape index (κ1) is 23.4. The van der Waals surface area contributed by atoms with Crippen molar-refractivity contribution in [1.29, 1.82) is 0 Å². The third-order valence-electron chi connectivity index (χ3n) is 4.63. The van der Waals surface area contributed by atoms with Crippen molar-refractivity contribution in [3.8, 4) is 5.75 Å². The number of aliphatic imine (C=N–C) groups is 1. The van der Waals surface area contributed by atoms with E-state index in [0.29, 0.717) is 5.75 Å². The lowest BCUT2D eigenvalue weighted by atomic mass is 10.1. The molecule has 0 aromatic heterocycles. The largest absolute Gasteiger partial charge is 0.491 e. The molecule has 0 radical (unpaired) electrons. The van der Waals surface area contributed by atoms with Gasteiger partial charge in [-0.3, -0.25) is 4.99 Å². The Labute approximate surface area is 172 Å². The molecule has 2 N–H and O–H groups in total. The van der Waals surface area contributed by atoms with Gasteiger partial charge in [-0.05, 0) is 50.5 Å². The van der Waals surface area contributed by atoms with E-state index in [9.17, 15) is 9.50 Å². The summed E-state index contributed by atoms with van der Waals surface area (Å²) >= 11 is 0. The van der Waals surface area contributed by atoms with E-state index in [4.69, 9.17) is 14.2 Å². The third-order valence-corrected chi connectivity index (χ3v) is 4.63. The summed E-state index contributed by atoms with van der Waals surface area (Å²) in [5.41, 5.74) is 0. The van der Waals surface area contributed by atoms with Crippen molar-refractivity contribution in [3.63, 3.8) is 0 Å². The standard InChI is InChI=1S/C21H34FN3O4/c1-3-23-21(25-11-9-20(10-12-25)28-14-4-13-27-2)24-15-18(26)16-29-19-7-5-17(22)6-8-19/h5-8,18,20,26H,3-4,9-16H2,1-2H3,(H,23,24). The Morgan fingerprint density at radius 3 is 2.66 bits per heavy atom. The lowest BCUT2D eigenvalue weighted by Gasteiger charge is -2.34. The van der Waals surface area contributed by atoms with E-state index >= 15 is 0 Å². The maximum atomic E-state index is 12.9. The molecule has 164 valence electrons. The normalized spacial score (nSPS) is 16.7. The minimum atomic E-state index is -0.740. The number of likely N-dealkylation sites (tertiary alicyclic amines) is 1. The van der Waals surface area contributed by atoms with Gasteiger partial charge in [0.25, 0.3) is 0 Å². The van der Waals surface area contributed by atoms with E-state index < -0.39 is 6.10 Å². The van der Waals surface area contributed by atoms with E-state index in [1.54, 1.807) is 7.11 Å². The number of aliphatic hydroxyl groups is 1. The molecule has 8 heteroatoms. The first-order valence-corrected chi connectivity index (χ1v) is 10.3. The molecule has 0 bridgehead atoms. The van der Waals surface area contributed by atoms with Crippen LogP contribution in [-0.4, -0.2) is 81.3 Å². The molecule has 0 saturated carbocycles. The number of hydrogen-bond donors (Lipinski definition) is 2. The summed E-state index contributed by atoms with van der Waals surface area (Å²) in [5, 5.41) is 13.5. The summed E-state index contributed by atoms with van der Waals surface area (Å²) in [6, 6.07) is 5.73. The van der Waals surface area contributed by atoms with E-state index in [1.807, 2.05) is 6.92 Å². The van der Waals surface area contributed by atoms with E-state index in [2.05, 4.69) is 15.2 Å². The highest BCUT2D eigenvalue weighted by atomic mass is 19.1. The van der Waals surface area contributed by atoms with Crippen LogP contribution in [0.4, 0.5) is 4.39 Å². The number of benzene rings is 1. The lowest BCUT2D eigenvalue weighted by Crippen LogP contribution is -2.47. The molecule has 1 heterocycles. The van der Waals surface area contributed by atoms with Crippen LogP contribution in [0.1, 0.15) is 26.2 Å². The monoisotopic (exact) mass is 411 g/mol. The maximum absolute atomic E-state index is 12.9. The fraction of sp³-hybridized carbons (Fsp3) is 0.667. The lowest BCUT2D eigenvalue weighted by molar-refractivity contribution is 0.00984. The second kappa shape index (κ2) is 13.3. The van der Waals surface area contributed by atoms with Crippen molar-refractivity contribution in [2.24, 2.45) is 4.99 Å². The molecular weight excluding hydrogens is 377 g/mol. The SMILES string of the molecule is CCNC(=NCC(O)COc1ccc(F)cc1)N1CCC(OCCCOC)CC1. The van der Waals surface area contributed by atoms with Crippen molar-refractivity contribution in [2.45, 2.75) is 38.4 Å². The minimum absolute atomic E-state index is 0.103. The summed E-state index contributed by atoms with van der Waals surface area (Å²) < 4.78 is 29.3. The second-order valence-electron chi connectivity index (χ2n) is 7.02. The molecule has 1 aromatic rings. The molecular formula is C21H34FN3O4. The highest BCUT2D eigenvalue weighted by Gasteiger charge is 2.22. The molecule has 1 saturated heterocycles. The van der Waals surface area contributed by atoms with Crippen LogP contribution < -0.4 is 10.1 Å². The Morgan fingerprint density at radius 1 is 1.28 bits per heavy atom. The van der Waals surface area contributed by atoms with E-state index in [0.717, 1.165) is 58.1 Å². The molecule has 29 heavy (non-hydrogen) atoms. The van der Waals surface area contributed by atoms with Crippen molar-refractivity contribution >= 4 is 5.96 Å². The molecule has 1 aromatic carbocycles. The van der Waals surface area contributed by atoms with Crippen LogP contribution in [-0.2, 0) is 9.47 Å². The van der Waals surface area contributed by atoms with Crippen molar-refractivity contribution < 1.29 is 23.7 Å². The summed E-state index contributed by atoms with van der Waals surface area (Å²) in [7, 11) is 1.70. The quantitative estimate of drug-likeness (QED) is 0.330. The second-order valence-corrected chi connectivity index (χ2v) is 7.02. The summed E-state index contributed by atoms with van der Waals surface area (Å²) in [6.45, 7) is 6.30. The van der Waals surface area contributed by atoms with Crippen LogP contribution in [0.3, 0.4) is 0 Å². The highest BCUT2D eigenvalue weighted by molar-refractivity contribution is 5.80. The van der Waals surface area contributed by atoms with Crippen molar-refractivity contribution in [3.05, 3.63) is 30.1 Å².